The first-order valence-corrected chi connectivity index (χ1v) is 6.03. The van der Waals surface area contributed by atoms with E-state index in [0.29, 0.717) is 16.2 Å². The molecule has 1 amide bonds. The van der Waals surface area contributed by atoms with Crippen LogP contribution in [-0.4, -0.2) is 28.5 Å². The Bertz CT molecular complexity index is 426. The molecule has 2 rings (SSSR count). The second-order valence-electron chi connectivity index (χ2n) is 3.66. The number of halogens is 1. The highest BCUT2D eigenvalue weighted by Gasteiger charge is 2.22. The molecular formula is C9H13BrN6O. The van der Waals surface area contributed by atoms with Gasteiger partial charge in [-0.15, -0.1) is 0 Å². The van der Waals surface area contributed by atoms with Crippen molar-refractivity contribution < 1.29 is 4.79 Å². The molecule has 0 spiro atoms. The zero-order valence-corrected chi connectivity index (χ0v) is 10.6. The van der Waals surface area contributed by atoms with Gasteiger partial charge in [-0.05, 0) is 28.8 Å². The molecule has 7 nitrogen and oxygen atoms in total. The molecule has 1 saturated heterocycles. The van der Waals surface area contributed by atoms with E-state index >= 15 is 0 Å². The molecule has 1 aliphatic heterocycles. The van der Waals surface area contributed by atoms with Crippen molar-refractivity contribution in [2.75, 3.05) is 17.3 Å². The number of carbonyl (C=O) groups excluding carboxylic acids is 1. The van der Waals surface area contributed by atoms with Gasteiger partial charge in [0.05, 0.1) is 4.47 Å². The summed E-state index contributed by atoms with van der Waals surface area (Å²) in [5.41, 5.74) is 2.36. The third-order valence-corrected chi connectivity index (χ3v) is 3.05. The summed E-state index contributed by atoms with van der Waals surface area (Å²) < 4.78 is 0.690. The Morgan fingerprint density at radius 3 is 3.12 bits per heavy atom. The van der Waals surface area contributed by atoms with Crippen molar-refractivity contribution in [3.63, 3.8) is 0 Å². The van der Waals surface area contributed by atoms with Crippen LogP contribution in [0.2, 0.25) is 0 Å². The van der Waals surface area contributed by atoms with Crippen molar-refractivity contribution in [2.45, 2.75) is 18.9 Å². The lowest BCUT2D eigenvalue weighted by atomic mass is 10.1. The second-order valence-corrected chi connectivity index (χ2v) is 4.52. The Kier molecular flexibility index (Phi) is 3.75. The molecule has 1 fully saturated rings. The van der Waals surface area contributed by atoms with Crippen LogP contribution in [0.3, 0.4) is 0 Å². The van der Waals surface area contributed by atoms with Gasteiger partial charge < -0.3 is 10.6 Å². The topological polar surface area (TPSA) is 105 Å². The SMILES string of the molecule is NNc1ncc(Br)c(NC2CCCNC2=O)n1. The molecule has 17 heavy (non-hydrogen) atoms. The first kappa shape index (κ1) is 12.1. The maximum Gasteiger partial charge on any atom is 0.242 e. The molecule has 0 bridgehead atoms. The summed E-state index contributed by atoms with van der Waals surface area (Å²) in [4.78, 5) is 19.7. The molecule has 0 aromatic carbocycles. The number of piperidine rings is 1. The van der Waals surface area contributed by atoms with Crippen LogP contribution in [-0.2, 0) is 4.79 Å². The van der Waals surface area contributed by atoms with Crippen molar-refractivity contribution in [3.05, 3.63) is 10.7 Å². The van der Waals surface area contributed by atoms with Crippen LogP contribution in [0.5, 0.6) is 0 Å². The van der Waals surface area contributed by atoms with E-state index in [1.807, 2.05) is 0 Å². The molecule has 1 aromatic rings. The average Bonchev–Trinajstić information content (AvgIpc) is 2.35. The van der Waals surface area contributed by atoms with Crippen molar-refractivity contribution in [2.24, 2.45) is 5.84 Å². The van der Waals surface area contributed by atoms with Gasteiger partial charge in [-0.25, -0.2) is 10.8 Å². The number of anilines is 2. The molecule has 1 unspecified atom stereocenters. The summed E-state index contributed by atoms with van der Waals surface area (Å²) in [5.74, 6) is 6.07. The first-order valence-electron chi connectivity index (χ1n) is 5.24. The highest BCUT2D eigenvalue weighted by Crippen LogP contribution is 2.22. The van der Waals surface area contributed by atoms with Crippen LogP contribution < -0.4 is 21.9 Å². The van der Waals surface area contributed by atoms with Crippen LogP contribution in [0, 0.1) is 0 Å². The smallest absolute Gasteiger partial charge is 0.242 e. The molecular weight excluding hydrogens is 288 g/mol. The maximum atomic E-state index is 11.6. The number of hydrazine groups is 1. The molecule has 5 N–H and O–H groups in total. The summed E-state index contributed by atoms with van der Waals surface area (Å²) in [6.45, 7) is 0.734. The number of hydrogen-bond donors (Lipinski definition) is 4. The Labute approximate surface area is 107 Å². The van der Waals surface area contributed by atoms with E-state index in [0.717, 1.165) is 19.4 Å². The molecule has 0 aliphatic carbocycles. The Morgan fingerprint density at radius 2 is 2.41 bits per heavy atom. The number of rotatable bonds is 3. The molecule has 8 heteroatoms. The van der Waals surface area contributed by atoms with E-state index in [2.05, 4.69) is 42.0 Å². The van der Waals surface area contributed by atoms with Crippen LogP contribution in [0.1, 0.15) is 12.8 Å². The molecule has 1 aliphatic rings. The van der Waals surface area contributed by atoms with Gasteiger partial charge in [-0.2, -0.15) is 4.98 Å². The van der Waals surface area contributed by atoms with Crippen LogP contribution in [0.25, 0.3) is 0 Å². The Hall–Kier alpha value is -1.41. The normalized spacial score (nSPS) is 19.6. The molecule has 1 atom stereocenters. The number of nitrogens with one attached hydrogen (secondary N) is 3. The minimum atomic E-state index is -0.263. The summed E-state index contributed by atoms with van der Waals surface area (Å²) >= 11 is 3.32. The monoisotopic (exact) mass is 300 g/mol. The summed E-state index contributed by atoms with van der Waals surface area (Å²) in [7, 11) is 0. The lowest BCUT2D eigenvalue weighted by Gasteiger charge is -2.23. The summed E-state index contributed by atoms with van der Waals surface area (Å²) in [5, 5.41) is 5.87. The minimum absolute atomic E-state index is 0.0102. The summed E-state index contributed by atoms with van der Waals surface area (Å²) in [6, 6.07) is -0.263. The van der Waals surface area contributed by atoms with Gasteiger partial charge >= 0.3 is 0 Å². The fourth-order valence-corrected chi connectivity index (χ4v) is 1.92. The van der Waals surface area contributed by atoms with Gasteiger partial charge in [-0.1, -0.05) is 0 Å². The van der Waals surface area contributed by atoms with Gasteiger partial charge in [0.15, 0.2) is 0 Å². The van der Waals surface area contributed by atoms with Crippen LogP contribution in [0.4, 0.5) is 11.8 Å². The number of aromatic nitrogens is 2. The van der Waals surface area contributed by atoms with Crippen molar-refractivity contribution in [1.29, 1.82) is 0 Å². The van der Waals surface area contributed by atoms with Gasteiger partial charge in [0.2, 0.25) is 11.9 Å². The number of amides is 1. The van der Waals surface area contributed by atoms with E-state index in [1.54, 1.807) is 6.20 Å². The average molecular weight is 301 g/mol. The lowest BCUT2D eigenvalue weighted by Crippen LogP contribution is -2.44. The maximum absolute atomic E-state index is 11.6. The lowest BCUT2D eigenvalue weighted by molar-refractivity contribution is -0.123. The van der Waals surface area contributed by atoms with E-state index in [9.17, 15) is 4.79 Å². The van der Waals surface area contributed by atoms with E-state index < -0.39 is 0 Å². The number of nitrogens with two attached hydrogens (primary N) is 1. The van der Waals surface area contributed by atoms with Crippen molar-refractivity contribution >= 4 is 33.6 Å². The van der Waals surface area contributed by atoms with Gasteiger partial charge in [-0.3, -0.25) is 10.2 Å². The third kappa shape index (κ3) is 2.83. The van der Waals surface area contributed by atoms with E-state index in [1.165, 1.54) is 0 Å². The molecule has 92 valence electrons. The number of hydrogen-bond acceptors (Lipinski definition) is 6. The van der Waals surface area contributed by atoms with E-state index in [4.69, 9.17) is 5.84 Å². The zero-order valence-electron chi connectivity index (χ0n) is 9.03. The van der Waals surface area contributed by atoms with Gasteiger partial charge in [0, 0.05) is 12.7 Å². The predicted octanol–water partition coefficient (Wildman–Crippen LogP) is 0.215. The minimum Gasteiger partial charge on any atom is -0.357 e. The Balaban J connectivity index is 2.14. The van der Waals surface area contributed by atoms with Crippen molar-refractivity contribution in [3.8, 4) is 0 Å². The van der Waals surface area contributed by atoms with Crippen LogP contribution >= 0.6 is 15.9 Å². The van der Waals surface area contributed by atoms with Gasteiger partial charge in [0.25, 0.3) is 0 Å². The van der Waals surface area contributed by atoms with Gasteiger partial charge in [0.1, 0.15) is 11.9 Å². The highest BCUT2D eigenvalue weighted by molar-refractivity contribution is 9.10. The Morgan fingerprint density at radius 1 is 1.59 bits per heavy atom. The fourth-order valence-electron chi connectivity index (χ4n) is 1.61. The molecule has 0 saturated carbocycles. The van der Waals surface area contributed by atoms with E-state index in [-0.39, 0.29) is 11.9 Å². The largest absolute Gasteiger partial charge is 0.357 e. The first-order chi connectivity index (χ1) is 8.20. The third-order valence-electron chi connectivity index (χ3n) is 2.47. The number of nitrogens with zero attached hydrogens (tertiary/aromatic N) is 2. The quantitative estimate of drug-likeness (QED) is 0.470. The zero-order chi connectivity index (χ0) is 12.3. The second kappa shape index (κ2) is 5.28. The molecule has 0 radical (unpaired) electrons. The number of nitrogen functional groups attached to an aromatic ring is 1. The highest BCUT2D eigenvalue weighted by atomic mass is 79.9. The molecule has 2 heterocycles. The fraction of sp³-hybridized carbons (Fsp3) is 0.444. The number of carbonyl (C=O) groups is 1. The summed E-state index contributed by atoms with van der Waals surface area (Å²) in [6.07, 6.45) is 3.31. The standard InChI is InChI=1S/C9H13BrN6O/c10-5-4-13-9(16-11)15-7(5)14-6-2-1-3-12-8(6)17/h4,6H,1-3,11H2,(H,12,17)(H2,13,14,15,16). The van der Waals surface area contributed by atoms with Crippen molar-refractivity contribution in [1.82, 2.24) is 15.3 Å². The molecule has 1 aromatic heterocycles. The predicted molar refractivity (Wildman–Crippen MR) is 67.2 cm³/mol. The van der Waals surface area contributed by atoms with Crippen LogP contribution in [0.15, 0.2) is 10.7 Å².